The molecule has 0 saturated heterocycles. The summed E-state index contributed by atoms with van der Waals surface area (Å²) >= 11 is 0. The summed E-state index contributed by atoms with van der Waals surface area (Å²) in [5.74, 6) is 0.508. The largest absolute Gasteiger partial charge is 0.402 e. The van der Waals surface area contributed by atoms with E-state index >= 15 is 0 Å². The molecule has 0 radical (unpaired) electrons. The van der Waals surface area contributed by atoms with Gasteiger partial charge in [0.15, 0.2) is 0 Å². The normalized spacial score (nSPS) is 22.4. The molecule has 1 heterocycles. The van der Waals surface area contributed by atoms with Gasteiger partial charge in [-0.25, -0.2) is 4.79 Å². The van der Waals surface area contributed by atoms with Crippen molar-refractivity contribution in [2.24, 2.45) is 17.1 Å². The summed E-state index contributed by atoms with van der Waals surface area (Å²) in [7, 11) is 0. The summed E-state index contributed by atoms with van der Waals surface area (Å²) in [5, 5.41) is 0. The van der Waals surface area contributed by atoms with Crippen LogP contribution in [-0.2, 0) is 11.3 Å². The molecule has 3 rings (SSSR count). The second-order valence-corrected chi connectivity index (χ2v) is 8.55. The Morgan fingerprint density at radius 1 is 1.36 bits per heavy atom. The number of rotatable bonds is 4. The molecule has 0 aliphatic heterocycles. The van der Waals surface area contributed by atoms with E-state index in [-0.39, 0.29) is 11.3 Å². The second kappa shape index (κ2) is 7.12. The average Bonchev–Trinajstić information content (AvgIpc) is 3.08. The van der Waals surface area contributed by atoms with Gasteiger partial charge in [0.05, 0.1) is 5.56 Å². The maximum atomic E-state index is 12.4. The lowest BCUT2D eigenvalue weighted by Crippen LogP contribution is -2.81. The fourth-order valence-electron chi connectivity index (χ4n) is 3.64. The molecule has 2 aliphatic carbocycles. The molecule has 0 spiro atoms. The van der Waals surface area contributed by atoms with Crippen LogP contribution in [0.4, 0.5) is 0 Å². The summed E-state index contributed by atoms with van der Waals surface area (Å²) in [6.45, 7) is 7.30. The third-order valence-corrected chi connectivity index (χ3v) is 4.86. The SMILES string of the molecule is CC(C)(C)C[C@H](N)C(=O)[NH+]=C1C=Cc2cn(CC3C=CCCC3)cc21. The number of amides is 1. The lowest BCUT2D eigenvalue weighted by Gasteiger charge is -2.19. The molecule has 25 heavy (non-hydrogen) atoms. The molecule has 3 N–H and O–H groups in total. The Morgan fingerprint density at radius 3 is 2.84 bits per heavy atom. The van der Waals surface area contributed by atoms with Crippen molar-refractivity contribution >= 4 is 17.7 Å². The molecular weight excluding hydrogens is 310 g/mol. The van der Waals surface area contributed by atoms with Gasteiger partial charge >= 0.3 is 5.91 Å². The molecule has 4 nitrogen and oxygen atoms in total. The van der Waals surface area contributed by atoms with Crippen LogP contribution < -0.4 is 10.7 Å². The van der Waals surface area contributed by atoms with Crippen molar-refractivity contribution < 1.29 is 9.79 Å². The maximum Gasteiger partial charge on any atom is 0.402 e. The number of hydrogen-bond acceptors (Lipinski definition) is 2. The molecule has 1 aromatic heterocycles. The number of nitrogens with two attached hydrogens (primary N) is 1. The van der Waals surface area contributed by atoms with E-state index in [1.165, 1.54) is 24.8 Å². The zero-order valence-corrected chi connectivity index (χ0v) is 15.6. The Kier molecular flexibility index (Phi) is 5.09. The van der Waals surface area contributed by atoms with E-state index in [9.17, 15) is 4.79 Å². The molecule has 0 fully saturated rings. The highest BCUT2D eigenvalue weighted by Gasteiger charge is 2.28. The standard InChI is InChI=1S/C21H29N3O/c1-21(2,3)11-18(22)20(25)23-19-10-9-16-13-24(14-17(16)19)12-15-7-5-4-6-8-15/h5,7,9-10,13-15,18H,4,6,8,11-12,22H2,1-3H3/p+1/t15?,18-/m0/s1. The van der Waals surface area contributed by atoms with Gasteiger partial charge < -0.3 is 10.3 Å². The molecule has 1 aromatic rings. The number of nitrogens with one attached hydrogen (secondary N) is 1. The van der Waals surface area contributed by atoms with Crippen LogP contribution in [0.2, 0.25) is 0 Å². The highest BCUT2D eigenvalue weighted by molar-refractivity contribution is 6.14. The van der Waals surface area contributed by atoms with Crippen LogP contribution in [0.15, 0.2) is 30.6 Å². The highest BCUT2D eigenvalue weighted by Crippen LogP contribution is 2.23. The summed E-state index contributed by atoms with van der Waals surface area (Å²) < 4.78 is 2.25. The maximum absolute atomic E-state index is 12.4. The number of aromatic nitrogens is 1. The predicted molar refractivity (Wildman–Crippen MR) is 102 cm³/mol. The molecule has 0 saturated carbocycles. The number of fused-ring (bicyclic) bond motifs is 1. The van der Waals surface area contributed by atoms with Gasteiger partial charge in [0, 0.05) is 30.6 Å². The van der Waals surface area contributed by atoms with Gasteiger partial charge in [-0.2, -0.15) is 4.99 Å². The minimum Gasteiger partial charge on any atom is -0.352 e. The van der Waals surface area contributed by atoms with Crippen molar-refractivity contribution in [3.8, 4) is 0 Å². The molecule has 1 amide bonds. The molecule has 0 aromatic carbocycles. The third kappa shape index (κ3) is 4.57. The number of hydrogen-bond donors (Lipinski definition) is 2. The minimum atomic E-state index is -0.487. The third-order valence-electron chi connectivity index (χ3n) is 4.86. The lowest BCUT2D eigenvalue weighted by molar-refractivity contribution is -0.378. The van der Waals surface area contributed by atoms with E-state index in [0.29, 0.717) is 12.3 Å². The summed E-state index contributed by atoms with van der Waals surface area (Å²) in [6, 6.07) is -0.487. The molecule has 2 atom stereocenters. The van der Waals surface area contributed by atoms with Crippen molar-refractivity contribution in [3.05, 3.63) is 41.7 Å². The lowest BCUT2D eigenvalue weighted by atomic mass is 9.88. The fourth-order valence-corrected chi connectivity index (χ4v) is 3.64. The van der Waals surface area contributed by atoms with Crippen LogP contribution in [0, 0.1) is 11.3 Å². The smallest absolute Gasteiger partial charge is 0.352 e. The van der Waals surface area contributed by atoms with Crippen LogP contribution in [-0.4, -0.2) is 22.2 Å². The van der Waals surface area contributed by atoms with Gasteiger partial charge in [0.2, 0.25) is 5.71 Å². The number of carbonyl (C=O) groups excluding carboxylic acids is 1. The first-order chi connectivity index (χ1) is 11.8. The molecule has 2 aliphatic rings. The summed E-state index contributed by atoms with van der Waals surface area (Å²) in [6.07, 6.45) is 17.4. The molecule has 134 valence electrons. The topological polar surface area (TPSA) is 62.0 Å². The van der Waals surface area contributed by atoms with Gasteiger partial charge in [-0.05, 0) is 43.1 Å². The van der Waals surface area contributed by atoms with E-state index in [2.05, 4.69) is 61.0 Å². The number of nitrogens with zero attached hydrogens (tertiary/aromatic N) is 1. The van der Waals surface area contributed by atoms with Crippen molar-refractivity contribution in [2.45, 2.75) is 59.0 Å². The Morgan fingerprint density at radius 2 is 2.16 bits per heavy atom. The van der Waals surface area contributed by atoms with Crippen LogP contribution in [0.3, 0.4) is 0 Å². The van der Waals surface area contributed by atoms with Crippen molar-refractivity contribution in [2.75, 3.05) is 0 Å². The van der Waals surface area contributed by atoms with E-state index < -0.39 is 6.04 Å². The summed E-state index contributed by atoms with van der Waals surface area (Å²) in [4.78, 5) is 15.4. The first kappa shape index (κ1) is 17.9. The Balaban J connectivity index is 1.71. The van der Waals surface area contributed by atoms with Gasteiger partial charge in [0.1, 0.15) is 6.04 Å². The quantitative estimate of drug-likeness (QED) is 0.824. The predicted octanol–water partition coefficient (Wildman–Crippen LogP) is 2.03. The van der Waals surface area contributed by atoms with E-state index in [4.69, 9.17) is 5.73 Å². The number of carbonyl (C=O) groups is 1. The van der Waals surface area contributed by atoms with Crippen molar-refractivity contribution in [1.82, 2.24) is 4.57 Å². The van der Waals surface area contributed by atoms with Crippen molar-refractivity contribution in [3.63, 3.8) is 0 Å². The molecular formula is C21H30N3O+. The zero-order valence-electron chi connectivity index (χ0n) is 15.6. The monoisotopic (exact) mass is 340 g/mol. The van der Waals surface area contributed by atoms with Gasteiger partial charge in [-0.15, -0.1) is 0 Å². The Labute approximate surface area is 150 Å². The average molecular weight is 340 g/mol. The fraction of sp³-hybridized carbons (Fsp3) is 0.524. The number of allylic oxidation sites excluding steroid dienone is 3. The van der Waals surface area contributed by atoms with Crippen LogP contribution in [0.1, 0.15) is 57.6 Å². The van der Waals surface area contributed by atoms with Crippen LogP contribution in [0.5, 0.6) is 0 Å². The Hall–Kier alpha value is -1.94. The van der Waals surface area contributed by atoms with E-state index in [0.717, 1.165) is 17.8 Å². The van der Waals surface area contributed by atoms with Crippen LogP contribution >= 0.6 is 0 Å². The highest BCUT2D eigenvalue weighted by atomic mass is 16.1. The van der Waals surface area contributed by atoms with Gasteiger partial charge in [-0.3, -0.25) is 0 Å². The summed E-state index contributed by atoms with van der Waals surface area (Å²) in [5.41, 5.74) is 9.23. The van der Waals surface area contributed by atoms with E-state index in [1.54, 1.807) is 0 Å². The molecule has 4 heteroatoms. The van der Waals surface area contributed by atoms with Crippen molar-refractivity contribution in [1.29, 1.82) is 0 Å². The second-order valence-electron chi connectivity index (χ2n) is 8.55. The van der Waals surface area contributed by atoms with Crippen LogP contribution in [0.25, 0.3) is 6.08 Å². The molecule has 1 unspecified atom stereocenters. The van der Waals surface area contributed by atoms with E-state index in [1.807, 2.05) is 6.08 Å². The Bertz CT molecular complexity index is 731. The molecule has 0 bridgehead atoms. The van der Waals surface area contributed by atoms with Gasteiger partial charge in [0.25, 0.3) is 0 Å². The van der Waals surface area contributed by atoms with Gasteiger partial charge in [-0.1, -0.05) is 32.9 Å². The first-order valence-corrected chi connectivity index (χ1v) is 9.30. The minimum absolute atomic E-state index is 0.0366. The zero-order chi connectivity index (χ0) is 18.0. The first-order valence-electron chi connectivity index (χ1n) is 9.30.